The molecular weight excluding hydrogens is 360 g/mol. The van der Waals surface area contributed by atoms with Crippen LogP contribution in [-0.2, 0) is 9.84 Å². The van der Waals surface area contributed by atoms with Crippen molar-refractivity contribution in [2.24, 2.45) is 0 Å². The lowest BCUT2D eigenvalue weighted by atomic mass is 10.2. The van der Waals surface area contributed by atoms with Crippen LogP contribution < -0.4 is 9.64 Å². The van der Waals surface area contributed by atoms with Crippen molar-refractivity contribution < 1.29 is 13.2 Å². The third kappa shape index (κ3) is 5.38. The van der Waals surface area contributed by atoms with Gasteiger partial charge in [0.15, 0.2) is 9.84 Å². The summed E-state index contributed by atoms with van der Waals surface area (Å²) in [7, 11) is -1.25. The van der Waals surface area contributed by atoms with E-state index in [1.807, 2.05) is 24.1 Å². The largest absolute Gasteiger partial charge is 0.494 e. The lowest BCUT2D eigenvalue weighted by Crippen LogP contribution is -2.20. The molecule has 0 bridgehead atoms. The number of anilines is 1. The summed E-state index contributed by atoms with van der Waals surface area (Å²) in [5.74, 6) is 0.636. The Morgan fingerprint density at radius 2 is 1.88 bits per heavy atom. The molecule has 7 heteroatoms. The molecule has 2 rings (SSSR count). The fourth-order valence-corrected chi connectivity index (χ4v) is 3.08. The molecule has 0 spiro atoms. The molecule has 132 valence electrons. The Bertz CT molecular complexity index is 874. The summed E-state index contributed by atoms with van der Waals surface area (Å²) in [6.45, 7) is 1.26. The molecule has 0 saturated carbocycles. The number of nitrogens with zero attached hydrogens (tertiary/aromatic N) is 2. The average molecular weight is 379 g/mol. The number of ether oxygens (including phenoxy) is 1. The van der Waals surface area contributed by atoms with Crippen molar-refractivity contribution in [3.05, 3.63) is 53.1 Å². The van der Waals surface area contributed by atoms with Crippen molar-refractivity contribution in [1.82, 2.24) is 0 Å². The van der Waals surface area contributed by atoms with E-state index in [9.17, 15) is 8.42 Å². The topological polar surface area (TPSA) is 70.4 Å². The predicted molar refractivity (Wildman–Crippen MR) is 99.1 cm³/mol. The van der Waals surface area contributed by atoms with Gasteiger partial charge in [0.2, 0.25) is 0 Å². The number of nitriles is 1. The van der Waals surface area contributed by atoms with Crippen LogP contribution in [0.25, 0.3) is 0 Å². The monoisotopic (exact) mass is 378 g/mol. The summed E-state index contributed by atoms with van der Waals surface area (Å²) in [5.41, 5.74) is 1.39. The van der Waals surface area contributed by atoms with Crippen LogP contribution in [-0.4, -0.2) is 34.9 Å². The molecule has 0 heterocycles. The van der Waals surface area contributed by atoms with E-state index in [4.69, 9.17) is 21.6 Å². The van der Waals surface area contributed by atoms with Crippen molar-refractivity contribution in [3.63, 3.8) is 0 Å². The molecule has 0 N–H and O–H groups in total. The van der Waals surface area contributed by atoms with Gasteiger partial charge in [-0.2, -0.15) is 5.26 Å². The highest BCUT2D eigenvalue weighted by Gasteiger charge is 2.07. The van der Waals surface area contributed by atoms with Crippen LogP contribution in [0.15, 0.2) is 47.4 Å². The van der Waals surface area contributed by atoms with E-state index in [-0.39, 0.29) is 4.90 Å². The molecule has 0 aromatic heterocycles. The van der Waals surface area contributed by atoms with Crippen LogP contribution in [0, 0.1) is 11.3 Å². The van der Waals surface area contributed by atoms with Gasteiger partial charge in [0.25, 0.3) is 0 Å². The Kier molecular flexibility index (Phi) is 6.29. The lowest BCUT2D eigenvalue weighted by molar-refractivity contribution is 0.312. The molecule has 2 aromatic carbocycles. The van der Waals surface area contributed by atoms with Gasteiger partial charge >= 0.3 is 0 Å². The van der Waals surface area contributed by atoms with Gasteiger partial charge in [0.1, 0.15) is 11.8 Å². The number of hydrogen-bond acceptors (Lipinski definition) is 5. The third-order valence-corrected chi connectivity index (χ3v) is 5.11. The van der Waals surface area contributed by atoms with E-state index in [0.29, 0.717) is 22.9 Å². The van der Waals surface area contributed by atoms with E-state index >= 15 is 0 Å². The highest BCUT2D eigenvalue weighted by molar-refractivity contribution is 7.90. The van der Waals surface area contributed by atoms with Gasteiger partial charge in [-0.25, -0.2) is 8.42 Å². The molecule has 0 fully saturated rings. The Hall–Kier alpha value is -2.23. The van der Waals surface area contributed by atoms with Gasteiger partial charge in [0.05, 0.1) is 22.1 Å². The van der Waals surface area contributed by atoms with Crippen LogP contribution in [0.4, 0.5) is 5.69 Å². The summed E-state index contributed by atoms with van der Waals surface area (Å²) in [4.78, 5) is 2.31. The van der Waals surface area contributed by atoms with Crippen LogP contribution >= 0.6 is 11.6 Å². The first kappa shape index (κ1) is 19.1. The summed E-state index contributed by atoms with van der Waals surface area (Å²) < 4.78 is 28.4. The van der Waals surface area contributed by atoms with Gasteiger partial charge in [-0.1, -0.05) is 11.6 Å². The fourth-order valence-electron chi connectivity index (χ4n) is 2.24. The molecule has 0 saturated heterocycles. The molecule has 0 radical (unpaired) electrons. The second-order valence-electron chi connectivity index (χ2n) is 5.64. The molecule has 2 aromatic rings. The average Bonchev–Trinajstić information content (AvgIpc) is 2.58. The van der Waals surface area contributed by atoms with Crippen molar-refractivity contribution in [2.45, 2.75) is 11.3 Å². The van der Waals surface area contributed by atoms with Gasteiger partial charge in [-0.15, -0.1) is 0 Å². The highest BCUT2D eigenvalue weighted by atomic mass is 35.5. The minimum absolute atomic E-state index is 0.275. The molecule has 0 aliphatic carbocycles. The number of benzene rings is 2. The van der Waals surface area contributed by atoms with E-state index < -0.39 is 9.84 Å². The first-order valence-electron chi connectivity index (χ1n) is 7.65. The number of sulfone groups is 1. The maximum absolute atomic E-state index is 11.4. The van der Waals surface area contributed by atoms with Crippen molar-refractivity contribution >= 4 is 27.1 Å². The maximum atomic E-state index is 11.4. The zero-order valence-electron chi connectivity index (χ0n) is 14.1. The number of hydrogen-bond donors (Lipinski definition) is 0. The molecule has 25 heavy (non-hydrogen) atoms. The minimum atomic E-state index is -3.19. The van der Waals surface area contributed by atoms with Crippen LogP contribution in [0.3, 0.4) is 0 Å². The molecule has 0 aliphatic heterocycles. The van der Waals surface area contributed by atoms with E-state index in [2.05, 4.69) is 0 Å². The summed E-state index contributed by atoms with van der Waals surface area (Å²) >= 11 is 6.04. The molecule has 0 atom stereocenters. The van der Waals surface area contributed by atoms with E-state index in [0.717, 1.165) is 18.7 Å². The van der Waals surface area contributed by atoms with Gasteiger partial charge < -0.3 is 9.64 Å². The first-order chi connectivity index (χ1) is 11.8. The SMILES string of the molecule is CN(CCCOc1ccc(S(C)(=O)=O)cc1)c1ccc(C#N)c(Cl)c1. The zero-order valence-corrected chi connectivity index (χ0v) is 15.6. The van der Waals surface area contributed by atoms with Crippen molar-refractivity contribution in [2.75, 3.05) is 31.4 Å². The lowest BCUT2D eigenvalue weighted by Gasteiger charge is -2.19. The minimum Gasteiger partial charge on any atom is -0.494 e. The molecule has 0 aliphatic rings. The predicted octanol–water partition coefficient (Wildman–Crippen LogP) is 3.52. The van der Waals surface area contributed by atoms with Crippen LogP contribution in [0.5, 0.6) is 5.75 Å². The Labute approximate surface area is 153 Å². The summed E-state index contributed by atoms with van der Waals surface area (Å²) in [6, 6.07) is 13.7. The first-order valence-corrected chi connectivity index (χ1v) is 9.92. The van der Waals surface area contributed by atoms with E-state index in [1.165, 1.54) is 18.4 Å². The molecular formula is C18H19ClN2O3S. The zero-order chi connectivity index (χ0) is 18.4. The summed E-state index contributed by atoms with van der Waals surface area (Å²) in [6.07, 6.45) is 1.95. The number of rotatable bonds is 7. The van der Waals surface area contributed by atoms with Gasteiger partial charge in [0, 0.05) is 25.5 Å². The smallest absolute Gasteiger partial charge is 0.175 e. The number of halogens is 1. The normalized spacial score (nSPS) is 11.0. The van der Waals surface area contributed by atoms with Crippen molar-refractivity contribution in [1.29, 1.82) is 5.26 Å². The second kappa shape index (κ2) is 8.24. The summed E-state index contributed by atoms with van der Waals surface area (Å²) in [5, 5.41) is 9.33. The van der Waals surface area contributed by atoms with Crippen LogP contribution in [0.1, 0.15) is 12.0 Å². The Balaban J connectivity index is 1.83. The Morgan fingerprint density at radius 1 is 1.20 bits per heavy atom. The molecule has 0 amide bonds. The fraction of sp³-hybridized carbons (Fsp3) is 0.278. The highest BCUT2D eigenvalue weighted by Crippen LogP contribution is 2.22. The third-order valence-electron chi connectivity index (χ3n) is 3.67. The van der Waals surface area contributed by atoms with Gasteiger partial charge in [-0.05, 0) is 48.9 Å². The van der Waals surface area contributed by atoms with E-state index in [1.54, 1.807) is 24.3 Å². The van der Waals surface area contributed by atoms with Crippen molar-refractivity contribution in [3.8, 4) is 11.8 Å². The van der Waals surface area contributed by atoms with Crippen LogP contribution in [0.2, 0.25) is 5.02 Å². The standard InChI is InChI=1S/C18H19ClN2O3S/c1-21(15-5-4-14(13-20)18(19)12-15)10-3-11-24-16-6-8-17(9-7-16)25(2,22)23/h4-9,12H,3,10-11H2,1-2H3. The molecule has 0 unspecified atom stereocenters. The quantitative estimate of drug-likeness (QED) is 0.689. The second-order valence-corrected chi connectivity index (χ2v) is 8.07. The van der Waals surface area contributed by atoms with Gasteiger partial charge in [-0.3, -0.25) is 0 Å². The molecule has 5 nitrogen and oxygen atoms in total. The maximum Gasteiger partial charge on any atom is 0.175 e. The Morgan fingerprint density at radius 3 is 2.44 bits per heavy atom.